The van der Waals surface area contributed by atoms with Crippen molar-refractivity contribution in [1.29, 1.82) is 0 Å². The largest absolute Gasteiger partial charge is 0.497 e. The summed E-state index contributed by atoms with van der Waals surface area (Å²) in [7, 11) is 1.58. The number of hydrogen-bond donors (Lipinski definition) is 3. The van der Waals surface area contributed by atoms with Crippen LogP contribution in [0.1, 0.15) is 32.1 Å². The molecule has 3 N–H and O–H groups in total. The van der Waals surface area contributed by atoms with Crippen LogP contribution in [0.4, 0.5) is 15.3 Å². The lowest BCUT2D eigenvalue weighted by atomic mass is 9.96. The zero-order chi connectivity index (χ0) is 20.9. The molecule has 3 aliphatic rings. The van der Waals surface area contributed by atoms with Crippen molar-refractivity contribution in [3.8, 4) is 5.75 Å². The quantitative estimate of drug-likeness (QED) is 0.677. The zero-order valence-electron chi connectivity index (χ0n) is 17.1. The number of urea groups is 1. The number of carbonyl (C=O) groups excluding carboxylic acids is 2. The van der Waals surface area contributed by atoms with Crippen LogP contribution in [0.25, 0.3) is 0 Å². The lowest BCUT2D eigenvalue weighted by Gasteiger charge is -2.24. The number of fused-ring (bicyclic) bond motifs is 1. The first kappa shape index (κ1) is 20.7. The lowest BCUT2D eigenvalue weighted by molar-refractivity contribution is 0.00871. The van der Waals surface area contributed by atoms with Crippen LogP contribution in [0.5, 0.6) is 5.75 Å². The van der Waals surface area contributed by atoms with E-state index < -0.39 is 18.3 Å². The van der Waals surface area contributed by atoms with E-state index in [0.717, 1.165) is 25.7 Å². The molecule has 1 saturated carbocycles. The minimum absolute atomic E-state index is 0.193. The van der Waals surface area contributed by atoms with Crippen molar-refractivity contribution in [2.45, 2.75) is 62.5 Å². The van der Waals surface area contributed by atoms with E-state index in [4.69, 9.17) is 18.9 Å². The second-order valence-electron chi connectivity index (χ2n) is 7.95. The molecule has 164 valence electrons. The highest BCUT2D eigenvalue weighted by Gasteiger charge is 2.50. The molecule has 0 bridgehead atoms. The predicted octanol–water partition coefficient (Wildman–Crippen LogP) is 2.41. The van der Waals surface area contributed by atoms with Gasteiger partial charge in [0.2, 0.25) is 0 Å². The summed E-state index contributed by atoms with van der Waals surface area (Å²) in [4.78, 5) is 24.6. The molecular formula is C21H29N3O6. The number of anilines is 1. The topological polar surface area (TPSA) is 107 Å². The third-order valence-electron chi connectivity index (χ3n) is 5.86. The molecule has 1 aromatic rings. The smallest absolute Gasteiger partial charge is 0.412 e. The van der Waals surface area contributed by atoms with Gasteiger partial charge in [-0.3, -0.25) is 5.32 Å². The number of rotatable bonds is 5. The highest BCUT2D eigenvalue weighted by molar-refractivity contribution is 5.84. The Morgan fingerprint density at radius 1 is 0.967 bits per heavy atom. The van der Waals surface area contributed by atoms with Gasteiger partial charge in [-0.25, -0.2) is 9.59 Å². The van der Waals surface area contributed by atoms with Crippen molar-refractivity contribution in [1.82, 2.24) is 10.6 Å². The fourth-order valence-corrected chi connectivity index (χ4v) is 4.29. The van der Waals surface area contributed by atoms with Crippen molar-refractivity contribution < 1.29 is 28.5 Å². The van der Waals surface area contributed by atoms with E-state index >= 15 is 0 Å². The second kappa shape index (κ2) is 9.53. The van der Waals surface area contributed by atoms with Gasteiger partial charge >= 0.3 is 12.1 Å². The molecule has 0 spiro atoms. The number of benzene rings is 1. The first-order chi connectivity index (χ1) is 14.6. The molecule has 0 aromatic heterocycles. The zero-order valence-corrected chi connectivity index (χ0v) is 17.1. The summed E-state index contributed by atoms with van der Waals surface area (Å²) in [6.45, 7) is 0.557. The first-order valence-electron chi connectivity index (χ1n) is 10.5. The molecule has 1 aromatic carbocycles. The standard InChI is InChI=1S/C21H29N3O6/c1-27-15-9-7-14(8-10-15)23-21(26)30-17-12-29-18-16(11-28-19(17)18)24-20(25)22-13-5-3-2-4-6-13/h7-10,13,16-19H,2-6,11-12H2,1H3,(H,23,26)(H2,22,24,25)/t16-,17-,18-,19+/m0/s1. The van der Waals surface area contributed by atoms with E-state index in [1.54, 1.807) is 31.4 Å². The monoisotopic (exact) mass is 419 g/mol. The summed E-state index contributed by atoms with van der Waals surface area (Å²) in [5, 5.41) is 8.67. The molecule has 4 atom stereocenters. The van der Waals surface area contributed by atoms with Gasteiger partial charge in [-0.15, -0.1) is 0 Å². The van der Waals surface area contributed by atoms with Gasteiger partial charge in [0.25, 0.3) is 0 Å². The van der Waals surface area contributed by atoms with Gasteiger partial charge in [-0.1, -0.05) is 19.3 Å². The van der Waals surface area contributed by atoms with E-state index in [9.17, 15) is 9.59 Å². The SMILES string of the molecule is COc1ccc(NC(=O)O[C@H]2CO[C@@H]3[C@@H]2OC[C@@H]3NC(=O)NC2CCCCC2)cc1. The maximum Gasteiger partial charge on any atom is 0.412 e. The average molecular weight is 419 g/mol. The molecule has 0 radical (unpaired) electrons. The maximum absolute atomic E-state index is 12.3. The number of hydrogen-bond acceptors (Lipinski definition) is 6. The molecule has 4 rings (SSSR count). The molecule has 2 heterocycles. The normalized spacial score (nSPS) is 28.4. The molecule has 3 amide bonds. The van der Waals surface area contributed by atoms with Crippen LogP contribution in [0.3, 0.4) is 0 Å². The maximum atomic E-state index is 12.3. The molecule has 9 heteroatoms. The summed E-state index contributed by atoms with van der Waals surface area (Å²) in [5.41, 5.74) is 0.600. The van der Waals surface area contributed by atoms with Gasteiger partial charge in [-0.05, 0) is 37.1 Å². The Morgan fingerprint density at radius 3 is 2.43 bits per heavy atom. The number of amides is 3. The van der Waals surface area contributed by atoms with E-state index in [1.165, 1.54) is 6.42 Å². The molecular weight excluding hydrogens is 390 g/mol. The summed E-state index contributed by atoms with van der Waals surface area (Å²) in [6, 6.07) is 6.73. The molecule has 2 aliphatic heterocycles. The predicted molar refractivity (Wildman–Crippen MR) is 109 cm³/mol. The van der Waals surface area contributed by atoms with Crippen LogP contribution in [-0.4, -0.2) is 62.8 Å². The highest BCUT2D eigenvalue weighted by atomic mass is 16.6. The highest BCUT2D eigenvalue weighted by Crippen LogP contribution is 2.29. The van der Waals surface area contributed by atoms with Gasteiger partial charge in [0.1, 0.15) is 18.0 Å². The lowest BCUT2D eigenvalue weighted by Crippen LogP contribution is -2.51. The van der Waals surface area contributed by atoms with Crippen LogP contribution in [0.2, 0.25) is 0 Å². The van der Waals surface area contributed by atoms with E-state index in [1.807, 2.05) is 0 Å². The second-order valence-corrected chi connectivity index (χ2v) is 7.95. The Balaban J connectivity index is 1.24. The van der Waals surface area contributed by atoms with Crippen LogP contribution < -0.4 is 20.7 Å². The van der Waals surface area contributed by atoms with Crippen LogP contribution >= 0.6 is 0 Å². The van der Waals surface area contributed by atoms with Crippen LogP contribution in [0, 0.1) is 0 Å². The minimum atomic E-state index is -0.579. The molecule has 2 saturated heterocycles. The summed E-state index contributed by atoms with van der Waals surface area (Å²) >= 11 is 0. The Labute approximate surface area is 175 Å². The van der Waals surface area contributed by atoms with E-state index in [0.29, 0.717) is 18.0 Å². The molecule has 30 heavy (non-hydrogen) atoms. The Morgan fingerprint density at radius 2 is 1.70 bits per heavy atom. The van der Waals surface area contributed by atoms with Crippen molar-refractivity contribution in [3.63, 3.8) is 0 Å². The fourth-order valence-electron chi connectivity index (χ4n) is 4.29. The Kier molecular flexibility index (Phi) is 6.59. The molecule has 1 aliphatic carbocycles. The average Bonchev–Trinajstić information content (AvgIpc) is 3.33. The van der Waals surface area contributed by atoms with Gasteiger partial charge in [0.15, 0.2) is 6.10 Å². The van der Waals surface area contributed by atoms with Gasteiger partial charge in [0, 0.05) is 11.7 Å². The van der Waals surface area contributed by atoms with E-state index in [-0.39, 0.29) is 30.8 Å². The van der Waals surface area contributed by atoms with Crippen molar-refractivity contribution in [3.05, 3.63) is 24.3 Å². The molecule has 0 unspecified atom stereocenters. The van der Waals surface area contributed by atoms with Crippen molar-refractivity contribution in [2.75, 3.05) is 25.6 Å². The van der Waals surface area contributed by atoms with E-state index in [2.05, 4.69) is 16.0 Å². The summed E-state index contributed by atoms with van der Waals surface area (Å²) in [5.74, 6) is 0.700. The van der Waals surface area contributed by atoms with Gasteiger partial charge in [0.05, 0.1) is 26.4 Å². The Hall–Kier alpha value is -2.52. The van der Waals surface area contributed by atoms with Gasteiger partial charge in [-0.2, -0.15) is 0 Å². The molecule has 9 nitrogen and oxygen atoms in total. The van der Waals surface area contributed by atoms with Crippen molar-refractivity contribution in [2.24, 2.45) is 0 Å². The minimum Gasteiger partial charge on any atom is -0.497 e. The number of nitrogens with one attached hydrogen (secondary N) is 3. The number of methoxy groups -OCH3 is 1. The van der Waals surface area contributed by atoms with Crippen molar-refractivity contribution >= 4 is 17.8 Å². The third kappa shape index (κ3) is 4.96. The van der Waals surface area contributed by atoms with Crippen LogP contribution in [0.15, 0.2) is 24.3 Å². The fraction of sp³-hybridized carbons (Fsp3) is 0.619. The summed E-state index contributed by atoms with van der Waals surface area (Å²) in [6.07, 6.45) is 3.76. The van der Waals surface area contributed by atoms with Gasteiger partial charge < -0.3 is 29.6 Å². The number of carbonyl (C=O) groups is 2. The number of ether oxygens (including phenoxy) is 4. The third-order valence-corrected chi connectivity index (χ3v) is 5.86. The molecule has 3 fully saturated rings. The summed E-state index contributed by atoms with van der Waals surface area (Å²) < 4.78 is 22.2. The Bertz CT molecular complexity index is 737. The van der Waals surface area contributed by atoms with Crippen LogP contribution in [-0.2, 0) is 14.2 Å². The first-order valence-corrected chi connectivity index (χ1v) is 10.5.